The van der Waals surface area contributed by atoms with Crippen LogP contribution in [0.4, 0.5) is 0 Å². The lowest BCUT2D eigenvalue weighted by Crippen LogP contribution is -2.00. The fourth-order valence-corrected chi connectivity index (χ4v) is 2.13. The van der Waals surface area contributed by atoms with E-state index in [1.807, 2.05) is 0 Å². The molecule has 0 bridgehead atoms. The minimum atomic E-state index is -0.120. The summed E-state index contributed by atoms with van der Waals surface area (Å²) < 4.78 is 2.43. The second-order valence-electron chi connectivity index (χ2n) is 3.36. The third kappa shape index (κ3) is 2.18. The predicted octanol–water partition coefficient (Wildman–Crippen LogP) is 3.07. The third-order valence-electron chi connectivity index (χ3n) is 2.14. The Morgan fingerprint density at radius 1 is 1.50 bits per heavy atom. The van der Waals surface area contributed by atoms with E-state index in [-0.39, 0.29) is 5.78 Å². The molecular formula is C11H8BrClN2O. The van der Waals surface area contributed by atoms with Crippen LogP contribution in [0.5, 0.6) is 0 Å². The van der Waals surface area contributed by atoms with Crippen LogP contribution < -0.4 is 0 Å². The quantitative estimate of drug-likeness (QED) is 0.799. The maximum Gasteiger partial charge on any atom is 0.197 e. The number of nitrogens with zero attached hydrogens (tertiary/aromatic N) is 2. The van der Waals surface area contributed by atoms with E-state index in [1.54, 1.807) is 36.1 Å². The van der Waals surface area contributed by atoms with Gasteiger partial charge in [0.2, 0.25) is 0 Å². The lowest BCUT2D eigenvalue weighted by atomic mass is 10.1. The van der Waals surface area contributed by atoms with E-state index in [2.05, 4.69) is 21.0 Å². The summed E-state index contributed by atoms with van der Waals surface area (Å²) in [6.07, 6.45) is 3.20. The number of ketones is 1. The molecule has 0 fully saturated rings. The molecule has 0 spiro atoms. The van der Waals surface area contributed by atoms with Crippen molar-refractivity contribution in [3.05, 3.63) is 51.2 Å². The first kappa shape index (κ1) is 11.4. The van der Waals surface area contributed by atoms with Crippen LogP contribution >= 0.6 is 27.5 Å². The SMILES string of the molecule is Cn1cc(C(=O)c2ccc(Br)cc2Cl)cn1. The van der Waals surface area contributed by atoms with Crippen molar-refractivity contribution >= 4 is 33.3 Å². The van der Waals surface area contributed by atoms with Crippen molar-refractivity contribution in [3.63, 3.8) is 0 Å². The third-order valence-corrected chi connectivity index (χ3v) is 2.95. The van der Waals surface area contributed by atoms with E-state index in [0.29, 0.717) is 16.1 Å². The molecule has 2 aromatic rings. The van der Waals surface area contributed by atoms with E-state index >= 15 is 0 Å². The summed E-state index contributed by atoms with van der Waals surface area (Å²) in [4.78, 5) is 12.0. The van der Waals surface area contributed by atoms with Crippen LogP contribution in [0.15, 0.2) is 35.1 Å². The first-order chi connectivity index (χ1) is 7.58. The highest BCUT2D eigenvalue weighted by Crippen LogP contribution is 2.23. The molecule has 0 atom stereocenters. The topological polar surface area (TPSA) is 34.9 Å². The molecule has 0 unspecified atom stereocenters. The molecule has 0 radical (unpaired) electrons. The Bertz CT molecular complexity index is 551. The highest BCUT2D eigenvalue weighted by atomic mass is 79.9. The fourth-order valence-electron chi connectivity index (χ4n) is 1.37. The summed E-state index contributed by atoms with van der Waals surface area (Å²) in [6, 6.07) is 5.18. The smallest absolute Gasteiger partial charge is 0.197 e. The summed E-state index contributed by atoms with van der Waals surface area (Å²) in [5.41, 5.74) is 1.02. The van der Waals surface area contributed by atoms with Crippen molar-refractivity contribution < 1.29 is 4.79 Å². The van der Waals surface area contributed by atoms with Gasteiger partial charge in [0.15, 0.2) is 5.78 Å². The molecule has 5 heteroatoms. The summed E-state index contributed by atoms with van der Waals surface area (Å²) >= 11 is 9.30. The number of benzene rings is 1. The van der Waals surface area contributed by atoms with Gasteiger partial charge >= 0.3 is 0 Å². The number of rotatable bonds is 2. The molecule has 0 N–H and O–H groups in total. The van der Waals surface area contributed by atoms with Crippen molar-refractivity contribution in [2.75, 3.05) is 0 Å². The number of carbonyl (C=O) groups is 1. The maximum atomic E-state index is 12.0. The zero-order valence-corrected chi connectivity index (χ0v) is 10.8. The van der Waals surface area contributed by atoms with Gasteiger partial charge in [0.25, 0.3) is 0 Å². The zero-order valence-electron chi connectivity index (χ0n) is 8.45. The molecule has 3 nitrogen and oxygen atoms in total. The number of hydrogen-bond donors (Lipinski definition) is 0. The Morgan fingerprint density at radius 3 is 2.81 bits per heavy atom. The second kappa shape index (κ2) is 4.39. The van der Waals surface area contributed by atoms with E-state index in [1.165, 1.54) is 6.20 Å². The van der Waals surface area contributed by atoms with Crippen LogP contribution in [-0.4, -0.2) is 15.6 Å². The fraction of sp³-hybridized carbons (Fsp3) is 0.0909. The first-order valence-electron chi connectivity index (χ1n) is 4.56. The molecule has 16 heavy (non-hydrogen) atoms. The standard InChI is InChI=1S/C11H8BrClN2O/c1-15-6-7(5-14-15)11(16)9-3-2-8(12)4-10(9)13/h2-6H,1H3. The molecule has 2 rings (SSSR count). The van der Waals surface area contributed by atoms with Gasteiger partial charge in [-0.1, -0.05) is 27.5 Å². The Labute approximate surface area is 106 Å². The molecule has 0 saturated carbocycles. The van der Waals surface area contributed by atoms with E-state index in [0.717, 1.165) is 4.47 Å². The minimum Gasteiger partial charge on any atom is -0.288 e. The summed E-state index contributed by atoms with van der Waals surface area (Å²) in [7, 11) is 1.76. The van der Waals surface area contributed by atoms with Gasteiger partial charge in [0, 0.05) is 23.3 Å². The van der Waals surface area contributed by atoms with Gasteiger partial charge < -0.3 is 0 Å². The van der Waals surface area contributed by atoms with Crippen LogP contribution in [0.3, 0.4) is 0 Å². The Hall–Kier alpha value is -1.13. The molecule has 1 heterocycles. The van der Waals surface area contributed by atoms with Crippen LogP contribution in [0.2, 0.25) is 5.02 Å². The van der Waals surface area contributed by atoms with Gasteiger partial charge in [-0.15, -0.1) is 0 Å². The van der Waals surface area contributed by atoms with Crippen molar-refractivity contribution in [3.8, 4) is 0 Å². The zero-order chi connectivity index (χ0) is 11.7. The average Bonchev–Trinajstić information content (AvgIpc) is 2.64. The van der Waals surface area contributed by atoms with Gasteiger partial charge in [-0.25, -0.2) is 0 Å². The summed E-state index contributed by atoms with van der Waals surface area (Å²) in [5.74, 6) is -0.120. The molecule has 1 aromatic carbocycles. The average molecular weight is 300 g/mol. The number of aromatic nitrogens is 2. The Morgan fingerprint density at radius 2 is 2.25 bits per heavy atom. The van der Waals surface area contributed by atoms with Crippen molar-refractivity contribution in [2.45, 2.75) is 0 Å². The maximum absolute atomic E-state index is 12.0. The molecule has 0 aliphatic heterocycles. The largest absolute Gasteiger partial charge is 0.288 e. The highest BCUT2D eigenvalue weighted by Gasteiger charge is 2.14. The molecular weight excluding hydrogens is 291 g/mol. The van der Waals surface area contributed by atoms with Crippen LogP contribution in [-0.2, 0) is 7.05 Å². The van der Waals surface area contributed by atoms with Crippen LogP contribution in [0, 0.1) is 0 Å². The summed E-state index contributed by atoms with van der Waals surface area (Å²) in [6.45, 7) is 0. The summed E-state index contributed by atoms with van der Waals surface area (Å²) in [5, 5.41) is 4.39. The van der Waals surface area contributed by atoms with Crippen LogP contribution in [0.25, 0.3) is 0 Å². The van der Waals surface area contributed by atoms with Gasteiger partial charge in [-0.05, 0) is 18.2 Å². The Balaban J connectivity index is 2.41. The number of hydrogen-bond acceptors (Lipinski definition) is 2. The molecule has 0 saturated heterocycles. The van der Waals surface area contributed by atoms with Gasteiger partial charge in [-0.2, -0.15) is 5.10 Å². The molecule has 0 amide bonds. The van der Waals surface area contributed by atoms with E-state index in [9.17, 15) is 4.79 Å². The highest BCUT2D eigenvalue weighted by molar-refractivity contribution is 9.10. The van der Waals surface area contributed by atoms with E-state index in [4.69, 9.17) is 11.6 Å². The van der Waals surface area contributed by atoms with Crippen molar-refractivity contribution in [1.82, 2.24) is 9.78 Å². The van der Waals surface area contributed by atoms with E-state index < -0.39 is 0 Å². The predicted molar refractivity (Wildman–Crippen MR) is 65.8 cm³/mol. The Kier molecular flexibility index (Phi) is 3.12. The molecule has 82 valence electrons. The minimum absolute atomic E-state index is 0.120. The molecule has 0 aliphatic rings. The van der Waals surface area contributed by atoms with Gasteiger partial charge in [-0.3, -0.25) is 9.48 Å². The first-order valence-corrected chi connectivity index (χ1v) is 5.73. The number of carbonyl (C=O) groups excluding carboxylic acids is 1. The monoisotopic (exact) mass is 298 g/mol. The lowest BCUT2D eigenvalue weighted by molar-refractivity contribution is 0.103. The normalized spacial score (nSPS) is 10.4. The van der Waals surface area contributed by atoms with Crippen LogP contribution in [0.1, 0.15) is 15.9 Å². The second-order valence-corrected chi connectivity index (χ2v) is 4.68. The van der Waals surface area contributed by atoms with Crippen molar-refractivity contribution in [1.29, 1.82) is 0 Å². The molecule has 1 aromatic heterocycles. The van der Waals surface area contributed by atoms with Gasteiger partial charge in [0.05, 0.1) is 16.8 Å². The van der Waals surface area contributed by atoms with Gasteiger partial charge in [0.1, 0.15) is 0 Å². The number of halogens is 2. The number of aryl methyl sites for hydroxylation is 1. The molecule has 0 aliphatic carbocycles. The lowest BCUT2D eigenvalue weighted by Gasteiger charge is -2.01. The van der Waals surface area contributed by atoms with Crippen molar-refractivity contribution in [2.24, 2.45) is 7.05 Å².